The number of nitrogens with two attached hydrogens (primary N) is 1. The normalized spacial score (nSPS) is 10.7. The molecule has 3 N–H and O–H groups in total. The van der Waals surface area contributed by atoms with E-state index in [0.717, 1.165) is 5.56 Å². The molecule has 0 bridgehead atoms. The van der Waals surface area contributed by atoms with Gasteiger partial charge < -0.3 is 5.73 Å². The van der Waals surface area contributed by atoms with Crippen molar-refractivity contribution in [1.82, 2.24) is 15.2 Å². The van der Waals surface area contributed by atoms with Crippen molar-refractivity contribution in [2.45, 2.75) is 6.92 Å². The molecule has 0 aliphatic heterocycles. The van der Waals surface area contributed by atoms with Crippen molar-refractivity contribution in [3.63, 3.8) is 0 Å². The predicted molar refractivity (Wildman–Crippen MR) is 76.4 cm³/mol. The molecular formula is C15H13FN4. The van der Waals surface area contributed by atoms with Gasteiger partial charge in [0.1, 0.15) is 5.82 Å². The first-order valence-corrected chi connectivity index (χ1v) is 6.18. The molecule has 20 heavy (non-hydrogen) atoms. The van der Waals surface area contributed by atoms with E-state index in [1.807, 2.05) is 31.2 Å². The maximum atomic E-state index is 13.6. The number of pyridine rings is 1. The summed E-state index contributed by atoms with van der Waals surface area (Å²) in [7, 11) is 0. The van der Waals surface area contributed by atoms with Crippen LogP contribution in [0.5, 0.6) is 0 Å². The molecule has 2 aromatic heterocycles. The first-order valence-electron chi connectivity index (χ1n) is 6.18. The van der Waals surface area contributed by atoms with E-state index >= 15 is 0 Å². The van der Waals surface area contributed by atoms with E-state index in [0.29, 0.717) is 28.3 Å². The highest BCUT2D eigenvalue weighted by molar-refractivity contribution is 5.86. The van der Waals surface area contributed by atoms with Gasteiger partial charge in [-0.3, -0.25) is 10.1 Å². The third-order valence-electron chi connectivity index (χ3n) is 3.05. The van der Waals surface area contributed by atoms with Crippen LogP contribution < -0.4 is 5.73 Å². The molecule has 0 amide bonds. The Balaban J connectivity index is 2.21. The van der Waals surface area contributed by atoms with Crippen molar-refractivity contribution in [3.05, 3.63) is 54.0 Å². The number of halogens is 1. The summed E-state index contributed by atoms with van der Waals surface area (Å²) >= 11 is 0. The summed E-state index contributed by atoms with van der Waals surface area (Å²) in [5.74, 6) is 0.0563. The fraction of sp³-hybridized carbons (Fsp3) is 0.0667. The first kappa shape index (κ1) is 12.3. The highest BCUT2D eigenvalue weighted by atomic mass is 19.1. The minimum Gasteiger partial charge on any atom is -0.382 e. The van der Waals surface area contributed by atoms with Crippen LogP contribution in [0.1, 0.15) is 5.56 Å². The van der Waals surface area contributed by atoms with Crippen LogP contribution in [-0.2, 0) is 0 Å². The van der Waals surface area contributed by atoms with Crippen LogP contribution in [-0.4, -0.2) is 15.2 Å². The molecule has 0 saturated heterocycles. The fourth-order valence-electron chi connectivity index (χ4n) is 2.22. The van der Waals surface area contributed by atoms with E-state index < -0.39 is 0 Å². The lowest BCUT2D eigenvalue weighted by Gasteiger charge is -2.05. The second kappa shape index (κ2) is 4.77. The minimum atomic E-state index is -0.292. The molecule has 0 atom stereocenters. The number of nitrogen functional groups attached to an aromatic ring is 1. The van der Waals surface area contributed by atoms with Crippen LogP contribution >= 0.6 is 0 Å². The molecule has 0 fully saturated rings. The number of anilines is 1. The Morgan fingerprint density at radius 3 is 2.75 bits per heavy atom. The van der Waals surface area contributed by atoms with Crippen molar-refractivity contribution in [2.75, 3.05) is 5.73 Å². The zero-order valence-electron chi connectivity index (χ0n) is 10.9. The molecular weight excluding hydrogens is 255 g/mol. The summed E-state index contributed by atoms with van der Waals surface area (Å²) in [6.07, 6.45) is 1.68. The molecule has 5 heteroatoms. The summed E-state index contributed by atoms with van der Waals surface area (Å²) in [5.41, 5.74) is 9.51. The van der Waals surface area contributed by atoms with Gasteiger partial charge in [0, 0.05) is 11.8 Å². The topological polar surface area (TPSA) is 67.6 Å². The molecule has 4 nitrogen and oxygen atoms in total. The molecule has 2 heterocycles. The third-order valence-corrected chi connectivity index (χ3v) is 3.05. The first-order chi connectivity index (χ1) is 9.65. The summed E-state index contributed by atoms with van der Waals surface area (Å²) in [6.45, 7) is 1.84. The molecule has 100 valence electrons. The van der Waals surface area contributed by atoms with Crippen LogP contribution in [0.4, 0.5) is 10.2 Å². The predicted octanol–water partition coefficient (Wildman–Crippen LogP) is 3.17. The Morgan fingerprint density at radius 2 is 2.05 bits per heavy atom. The minimum absolute atomic E-state index is 0.292. The van der Waals surface area contributed by atoms with Crippen LogP contribution in [0.25, 0.3) is 22.5 Å². The Hall–Kier alpha value is -2.69. The molecule has 0 saturated carbocycles. The van der Waals surface area contributed by atoms with Crippen molar-refractivity contribution < 1.29 is 4.39 Å². The highest BCUT2D eigenvalue weighted by Gasteiger charge is 2.16. The molecule has 1 aromatic carbocycles. The Kier molecular flexibility index (Phi) is 2.95. The van der Waals surface area contributed by atoms with E-state index in [1.54, 1.807) is 6.20 Å². The molecule has 0 aliphatic carbocycles. The maximum absolute atomic E-state index is 13.6. The van der Waals surface area contributed by atoms with Gasteiger partial charge >= 0.3 is 0 Å². The van der Waals surface area contributed by atoms with Crippen molar-refractivity contribution >= 4 is 5.82 Å². The molecule has 0 spiro atoms. The van der Waals surface area contributed by atoms with Gasteiger partial charge in [-0.15, -0.1) is 0 Å². The van der Waals surface area contributed by atoms with E-state index in [4.69, 9.17) is 5.73 Å². The average Bonchev–Trinajstić information content (AvgIpc) is 2.80. The number of hydrogen-bond donors (Lipinski definition) is 2. The van der Waals surface area contributed by atoms with Crippen molar-refractivity contribution in [2.24, 2.45) is 0 Å². The largest absolute Gasteiger partial charge is 0.382 e. The van der Waals surface area contributed by atoms with E-state index in [1.165, 1.54) is 12.1 Å². The van der Waals surface area contributed by atoms with Gasteiger partial charge in [0.25, 0.3) is 0 Å². The summed E-state index contributed by atoms with van der Waals surface area (Å²) < 4.78 is 13.6. The van der Waals surface area contributed by atoms with Crippen molar-refractivity contribution in [1.29, 1.82) is 0 Å². The SMILES string of the molecule is Cc1cc(F)cc(-c2[nH]nc(N)c2-c2ccccn2)c1. The molecule has 3 aromatic rings. The summed E-state index contributed by atoms with van der Waals surface area (Å²) in [5, 5.41) is 6.88. The van der Waals surface area contributed by atoms with Gasteiger partial charge in [-0.1, -0.05) is 6.07 Å². The average molecular weight is 268 g/mol. The monoisotopic (exact) mass is 268 g/mol. The second-order valence-corrected chi connectivity index (χ2v) is 4.59. The van der Waals surface area contributed by atoms with Gasteiger partial charge in [-0.05, 0) is 42.8 Å². The third kappa shape index (κ3) is 2.14. The van der Waals surface area contributed by atoms with Crippen LogP contribution in [0.2, 0.25) is 0 Å². The molecule has 0 unspecified atom stereocenters. The fourth-order valence-corrected chi connectivity index (χ4v) is 2.22. The highest BCUT2D eigenvalue weighted by Crippen LogP contribution is 2.33. The zero-order valence-corrected chi connectivity index (χ0v) is 10.9. The number of aryl methyl sites for hydroxylation is 1. The Labute approximate surface area is 115 Å². The number of hydrogen-bond acceptors (Lipinski definition) is 3. The number of nitrogens with one attached hydrogen (secondary N) is 1. The Morgan fingerprint density at radius 1 is 1.20 bits per heavy atom. The number of nitrogens with zero attached hydrogens (tertiary/aromatic N) is 2. The van der Waals surface area contributed by atoms with Crippen molar-refractivity contribution in [3.8, 4) is 22.5 Å². The molecule has 0 radical (unpaired) electrons. The lowest BCUT2D eigenvalue weighted by Crippen LogP contribution is -1.91. The number of benzene rings is 1. The lowest BCUT2D eigenvalue weighted by atomic mass is 10.0. The lowest BCUT2D eigenvalue weighted by molar-refractivity contribution is 0.627. The van der Waals surface area contributed by atoms with Crippen LogP contribution in [0.3, 0.4) is 0 Å². The number of aromatic nitrogens is 3. The smallest absolute Gasteiger partial charge is 0.155 e. The van der Waals surface area contributed by atoms with E-state index in [-0.39, 0.29) is 5.82 Å². The van der Waals surface area contributed by atoms with Gasteiger partial charge in [-0.2, -0.15) is 5.10 Å². The zero-order chi connectivity index (χ0) is 14.1. The standard InChI is InChI=1S/C15H13FN4/c1-9-6-10(8-11(16)7-9)14-13(15(17)20-19-14)12-4-2-3-5-18-12/h2-8H,1H3,(H3,17,19,20). The number of rotatable bonds is 2. The van der Waals surface area contributed by atoms with E-state index in [2.05, 4.69) is 15.2 Å². The van der Waals surface area contributed by atoms with Gasteiger partial charge in [0.2, 0.25) is 0 Å². The summed E-state index contributed by atoms with van der Waals surface area (Å²) in [6, 6.07) is 10.3. The van der Waals surface area contributed by atoms with Gasteiger partial charge in [-0.25, -0.2) is 4.39 Å². The van der Waals surface area contributed by atoms with E-state index in [9.17, 15) is 4.39 Å². The van der Waals surface area contributed by atoms with Gasteiger partial charge in [0.15, 0.2) is 5.82 Å². The summed E-state index contributed by atoms with van der Waals surface area (Å²) in [4.78, 5) is 4.28. The quantitative estimate of drug-likeness (QED) is 0.750. The molecule has 3 rings (SSSR count). The number of aromatic amines is 1. The Bertz CT molecular complexity index is 730. The van der Waals surface area contributed by atoms with Crippen LogP contribution in [0.15, 0.2) is 42.6 Å². The van der Waals surface area contributed by atoms with Crippen LogP contribution in [0, 0.1) is 12.7 Å². The maximum Gasteiger partial charge on any atom is 0.155 e. The number of H-pyrrole nitrogens is 1. The molecule has 0 aliphatic rings. The second-order valence-electron chi connectivity index (χ2n) is 4.59. The van der Waals surface area contributed by atoms with Gasteiger partial charge in [0.05, 0.1) is 17.0 Å².